The molecule has 7 nitrogen and oxygen atoms in total. The van der Waals surface area contributed by atoms with Crippen LogP contribution in [0.3, 0.4) is 0 Å². The maximum absolute atomic E-state index is 11.8. The summed E-state index contributed by atoms with van der Waals surface area (Å²) in [5, 5.41) is 7.71. The van der Waals surface area contributed by atoms with Crippen LogP contribution < -0.4 is 16.6 Å². The van der Waals surface area contributed by atoms with Crippen LogP contribution in [0.25, 0.3) is 0 Å². The van der Waals surface area contributed by atoms with Crippen molar-refractivity contribution in [1.29, 1.82) is 0 Å². The average molecular weight is 281 g/mol. The fourth-order valence-corrected chi connectivity index (χ4v) is 2.36. The lowest BCUT2D eigenvalue weighted by Crippen LogP contribution is -2.39. The van der Waals surface area contributed by atoms with E-state index >= 15 is 0 Å². The first-order valence-electron chi connectivity index (χ1n) is 5.84. The second kappa shape index (κ2) is 5.35. The molecule has 2 aromatic heterocycles. The topological polar surface area (TPSA) is 81.8 Å². The molecule has 0 saturated carbocycles. The van der Waals surface area contributed by atoms with Gasteiger partial charge in [0.2, 0.25) is 5.82 Å². The van der Waals surface area contributed by atoms with E-state index in [2.05, 4.69) is 22.3 Å². The molecule has 0 atom stereocenters. The van der Waals surface area contributed by atoms with E-state index in [1.165, 1.54) is 19.0 Å². The number of thiazole rings is 1. The largest absolute Gasteiger partial charge is 0.358 e. The van der Waals surface area contributed by atoms with Gasteiger partial charge in [-0.2, -0.15) is 0 Å². The van der Waals surface area contributed by atoms with Gasteiger partial charge in [0.15, 0.2) is 0 Å². The summed E-state index contributed by atoms with van der Waals surface area (Å²) in [4.78, 5) is 28.8. The first kappa shape index (κ1) is 13.5. The summed E-state index contributed by atoms with van der Waals surface area (Å²) in [5.41, 5.74) is -0.881. The lowest BCUT2D eigenvalue weighted by atomic mass is 10.4. The van der Waals surface area contributed by atoms with E-state index in [9.17, 15) is 9.59 Å². The molecule has 0 saturated heterocycles. The van der Waals surface area contributed by atoms with Crippen molar-refractivity contribution in [2.75, 3.05) is 5.32 Å². The summed E-state index contributed by atoms with van der Waals surface area (Å²) in [6.45, 7) is 2.49. The van der Waals surface area contributed by atoms with Crippen LogP contribution >= 0.6 is 11.3 Å². The van der Waals surface area contributed by atoms with Crippen LogP contribution in [0.2, 0.25) is 0 Å². The third kappa shape index (κ3) is 2.73. The third-order valence-electron chi connectivity index (χ3n) is 2.68. The van der Waals surface area contributed by atoms with Gasteiger partial charge in [0.1, 0.15) is 5.01 Å². The molecule has 2 aromatic rings. The molecule has 0 radical (unpaired) electrons. The van der Waals surface area contributed by atoms with Crippen LogP contribution in [0.15, 0.2) is 15.8 Å². The highest BCUT2D eigenvalue weighted by Gasteiger charge is 2.09. The highest BCUT2D eigenvalue weighted by molar-refractivity contribution is 7.11. The minimum atomic E-state index is -0.446. The second-order valence-corrected chi connectivity index (χ2v) is 5.25. The summed E-state index contributed by atoms with van der Waals surface area (Å²) >= 11 is 1.59. The number of hydrogen-bond acceptors (Lipinski definition) is 6. The highest BCUT2D eigenvalue weighted by atomic mass is 32.1. The number of aromatic nitrogens is 4. The Labute approximate surface area is 113 Å². The van der Waals surface area contributed by atoms with Gasteiger partial charge in [-0.25, -0.2) is 14.5 Å². The molecule has 0 aliphatic rings. The van der Waals surface area contributed by atoms with E-state index in [-0.39, 0.29) is 5.82 Å². The van der Waals surface area contributed by atoms with Crippen molar-refractivity contribution >= 4 is 17.2 Å². The molecule has 0 fully saturated rings. The van der Waals surface area contributed by atoms with E-state index in [1.807, 2.05) is 6.20 Å². The summed E-state index contributed by atoms with van der Waals surface area (Å²) in [5.74, 6) is 0.151. The molecule has 0 amide bonds. The summed E-state index contributed by atoms with van der Waals surface area (Å²) in [7, 11) is 2.93. The predicted molar refractivity (Wildman–Crippen MR) is 73.5 cm³/mol. The van der Waals surface area contributed by atoms with Crippen LogP contribution in [0, 0.1) is 0 Å². The molecule has 2 rings (SSSR count). The predicted octanol–water partition coefficient (Wildman–Crippen LogP) is 0.110. The Hall–Kier alpha value is -1.96. The van der Waals surface area contributed by atoms with Gasteiger partial charge in [0.25, 0.3) is 5.56 Å². The van der Waals surface area contributed by atoms with Crippen LogP contribution in [0.4, 0.5) is 5.82 Å². The molecule has 0 aliphatic heterocycles. The zero-order valence-corrected chi connectivity index (χ0v) is 11.8. The van der Waals surface area contributed by atoms with Crippen molar-refractivity contribution in [3.05, 3.63) is 36.9 Å². The minimum Gasteiger partial charge on any atom is -0.358 e. The number of hydrogen-bond donors (Lipinski definition) is 1. The van der Waals surface area contributed by atoms with Crippen molar-refractivity contribution in [3.8, 4) is 0 Å². The lowest BCUT2D eigenvalue weighted by Gasteiger charge is -2.06. The number of nitrogens with zero attached hydrogens (tertiary/aromatic N) is 4. The normalized spacial score (nSPS) is 10.7. The van der Waals surface area contributed by atoms with Gasteiger partial charge in [0, 0.05) is 25.2 Å². The van der Waals surface area contributed by atoms with Gasteiger partial charge >= 0.3 is 5.69 Å². The van der Waals surface area contributed by atoms with Crippen molar-refractivity contribution in [2.24, 2.45) is 14.1 Å². The molecule has 19 heavy (non-hydrogen) atoms. The molecule has 0 bridgehead atoms. The zero-order valence-electron chi connectivity index (χ0n) is 11.0. The maximum atomic E-state index is 11.8. The Kier molecular flexibility index (Phi) is 3.79. The van der Waals surface area contributed by atoms with E-state index in [0.29, 0.717) is 6.54 Å². The van der Waals surface area contributed by atoms with Crippen LogP contribution in [-0.4, -0.2) is 19.3 Å². The number of aryl methyl sites for hydroxylation is 2. The van der Waals surface area contributed by atoms with E-state index in [0.717, 1.165) is 20.7 Å². The fourth-order valence-electron chi connectivity index (χ4n) is 1.56. The van der Waals surface area contributed by atoms with Crippen LogP contribution in [0.5, 0.6) is 0 Å². The zero-order chi connectivity index (χ0) is 14.0. The molecular formula is C11H15N5O2S. The SMILES string of the molecule is CCc1cnc(CNc2nn(C)c(=O)n(C)c2=O)s1. The first-order valence-corrected chi connectivity index (χ1v) is 6.66. The summed E-state index contributed by atoms with van der Waals surface area (Å²) in [6, 6.07) is 0. The highest BCUT2D eigenvalue weighted by Crippen LogP contribution is 2.13. The molecule has 2 heterocycles. The molecule has 102 valence electrons. The summed E-state index contributed by atoms with van der Waals surface area (Å²) in [6.07, 6.45) is 2.77. The van der Waals surface area contributed by atoms with Gasteiger partial charge in [0.05, 0.1) is 6.54 Å². The second-order valence-electron chi connectivity index (χ2n) is 4.05. The molecule has 0 unspecified atom stereocenters. The van der Waals surface area contributed by atoms with Gasteiger partial charge in [-0.05, 0) is 6.42 Å². The molecule has 0 spiro atoms. The Morgan fingerprint density at radius 3 is 2.74 bits per heavy atom. The van der Waals surface area contributed by atoms with Crippen molar-refractivity contribution in [1.82, 2.24) is 19.3 Å². The smallest absolute Gasteiger partial charge is 0.346 e. The summed E-state index contributed by atoms with van der Waals surface area (Å²) < 4.78 is 2.15. The van der Waals surface area contributed by atoms with Crippen molar-refractivity contribution in [2.45, 2.75) is 19.9 Å². The fraction of sp³-hybridized carbons (Fsp3) is 0.455. The van der Waals surface area contributed by atoms with Gasteiger partial charge < -0.3 is 5.32 Å². The van der Waals surface area contributed by atoms with Gasteiger partial charge in [-0.15, -0.1) is 16.4 Å². The van der Waals surface area contributed by atoms with Gasteiger partial charge in [-0.1, -0.05) is 6.92 Å². The standard InChI is InChI=1S/C11H15N5O2S/c1-4-7-5-12-8(19-7)6-13-9-10(17)15(2)11(18)16(3)14-9/h5H,4,6H2,1-3H3,(H,13,14). The minimum absolute atomic E-state index is 0.151. The number of anilines is 1. The maximum Gasteiger partial charge on any atom is 0.346 e. The Morgan fingerprint density at radius 1 is 1.37 bits per heavy atom. The molecular weight excluding hydrogens is 266 g/mol. The molecule has 1 N–H and O–H groups in total. The average Bonchev–Trinajstić information content (AvgIpc) is 2.87. The monoisotopic (exact) mass is 281 g/mol. The lowest BCUT2D eigenvalue weighted by molar-refractivity contribution is 0.604. The third-order valence-corrected chi connectivity index (χ3v) is 3.82. The molecule has 0 aliphatic carbocycles. The van der Waals surface area contributed by atoms with Crippen LogP contribution in [0.1, 0.15) is 16.8 Å². The Bertz CT molecular complexity index is 700. The Morgan fingerprint density at radius 2 is 2.11 bits per heavy atom. The molecule has 0 aromatic carbocycles. The van der Waals surface area contributed by atoms with Crippen molar-refractivity contribution < 1.29 is 0 Å². The van der Waals surface area contributed by atoms with Crippen molar-refractivity contribution in [3.63, 3.8) is 0 Å². The van der Waals surface area contributed by atoms with E-state index < -0.39 is 11.2 Å². The molecule has 8 heteroatoms. The van der Waals surface area contributed by atoms with E-state index in [4.69, 9.17) is 0 Å². The number of rotatable bonds is 4. The van der Waals surface area contributed by atoms with Gasteiger partial charge in [-0.3, -0.25) is 9.36 Å². The first-order chi connectivity index (χ1) is 9.02. The Balaban J connectivity index is 2.20. The van der Waals surface area contributed by atoms with E-state index in [1.54, 1.807) is 11.3 Å². The quantitative estimate of drug-likeness (QED) is 0.860. The van der Waals surface area contributed by atoms with Crippen LogP contribution in [-0.2, 0) is 27.1 Å². The number of nitrogens with one attached hydrogen (secondary N) is 1.